The fraction of sp³-hybridized carbons (Fsp3) is 1.00. The van der Waals surface area contributed by atoms with Crippen molar-refractivity contribution in [1.82, 2.24) is 0 Å². The summed E-state index contributed by atoms with van der Waals surface area (Å²) in [6, 6.07) is 0. The van der Waals surface area contributed by atoms with Gasteiger partial charge in [-0.2, -0.15) is 0 Å². The van der Waals surface area contributed by atoms with Gasteiger partial charge in [0.05, 0.1) is 0 Å². The van der Waals surface area contributed by atoms with Crippen molar-refractivity contribution in [3.63, 3.8) is 0 Å². The van der Waals surface area contributed by atoms with E-state index in [0.717, 1.165) is 0 Å². The summed E-state index contributed by atoms with van der Waals surface area (Å²) in [6.45, 7) is -9.40. The average molecular weight is 125 g/mol. The van der Waals surface area contributed by atoms with E-state index in [4.69, 9.17) is 4.11 Å². The first-order valence-corrected chi connectivity index (χ1v) is 0.943. The monoisotopic (exact) mass is 125 g/mol. The second-order valence-electron chi connectivity index (χ2n) is 0.575. The number of hydrogen-bond donors (Lipinski definition) is 0. The van der Waals surface area contributed by atoms with Crippen molar-refractivity contribution in [2.75, 3.05) is 0 Å². The molecule has 0 heterocycles. The van der Waals surface area contributed by atoms with Crippen LogP contribution in [0, 0.1) is 0 Å². The molecule has 5 heteroatoms. The van der Waals surface area contributed by atoms with Gasteiger partial charge >= 0.3 is 58.4 Å². The Kier molecular flexibility index (Phi) is 2.55. The van der Waals surface area contributed by atoms with Gasteiger partial charge in [-0.1, -0.05) is 6.75 Å². The van der Waals surface area contributed by atoms with Gasteiger partial charge in [0.2, 0.25) is 0 Å². The van der Waals surface area contributed by atoms with Crippen LogP contribution < -0.4 is 51.4 Å². The van der Waals surface area contributed by atoms with Crippen molar-refractivity contribution in [2.24, 2.45) is 0 Å². The van der Waals surface area contributed by atoms with Gasteiger partial charge in [-0.05, 0) is 4.11 Å². The van der Waals surface area contributed by atoms with Crippen LogP contribution in [0.2, 0.25) is 6.75 Å². The van der Waals surface area contributed by atoms with Crippen LogP contribution >= 0.6 is 0 Å². The normalized spacial score (nSPS) is 19.5. The molecule has 32 valence electrons. The van der Waals surface area contributed by atoms with Gasteiger partial charge in [-0.3, -0.25) is 0 Å². The third-order valence-corrected chi connectivity index (χ3v) is 0. The first-order chi connectivity index (χ1) is 3.25. The summed E-state index contributed by atoms with van der Waals surface area (Å²) in [4.78, 5) is 0. The molecule has 0 bridgehead atoms. The van der Waals surface area contributed by atoms with Crippen LogP contribution in [0.25, 0.3) is 0 Å². The van der Waals surface area contributed by atoms with Gasteiger partial charge in [-0.25, -0.2) is 0 Å². The van der Waals surface area contributed by atoms with Crippen molar-refractivity contribution in [1.29, 1.82) is 0 Å². The van der Waals surface area contributed by atoms with Gasteiger partial charge in [0.1, 0.15) is 0 Å². The van der Waals surface area contributed by atoms with Crippen molar-refractivity contribution < 1.29 is 68.4 Å². The van der Waals surface area contributed by atoms with Gasteiger partial charge in [0.15, 0.2) is 0 Å². The molecule has 0 aromatic rings. The van der Waals surface area contributed by atoms with E-state index in [2.05, 4.69) is 0 Å². The maximum Gasteiger partial charge on any atom is 1.00 e. The molecule has 0 N–H and O–H groups in total. The van der Waals surface area contributed by atoms with Crippen LogP contribution in [-0.2, 0) is 0 Å². The molecular formula is CH3BF3K. The predicted molar refractivity (Wildman–Crippen MR) is 14.9 cm³/mol. The van der Waals surface area contributed by atoms with Gasteiger partial charge < -0.3 is 12.9 Å². The first-order valence-electron chi connectivity index (χ1n) is 2.44. The van der Waals surface area contributed by atoms with E-state index in [-0.39, 0.29) is 51.4 Å². The van der Waals surface area contributed by atoms with Crippen LogP contribution in [-0.4, -0.2) is 6.98 Å². The van der Waals surface area contributed by atoms with E-state index in [9.17, 15) is 12.9 Å². The molecule has 0 fully saturated rings. The summed E-state index contributed by atoms with van der Waals surface area (Å²) in [5.74, 6) is 0. The Labute approximate surface area is 81.2 Å². The average Bonchev–Trinajstić information content (AvgIpc) is 1.25. The molecule has 0 aliphatic rings. The Morgan fingerprint density at radius 2 is 1.67 bits per heavy atom. The summed E-state index contributed by atoms with van der Waals surface area (Å²) >= 11 is 0. The second-order valence-corrected chi connectivity index (χ2v) is 0.575. The Bertz CT molecular complexity index is 74.0. The van der Waals surface area contributed by atoms with Crippen LogP contribution in [0.4, 0.5) is 12.9 Å². The van der Waals surface area contributed by atoms with Crippen molar-refractivity contribution in [3.8, 4) is 0 Å². The van der Waals surface area contributed by atoms with Crippen molar-refractivity contribution in [2.45, 2.75) is 6.75 Å². The quantitative estimate of drug-likeness (QED) is 0.344. The molecule has 0 atom stereocenters. The molecule has 0 unspecified atom stereocenters. The van der Waals surface area contributed by atoms with Gasteiger partial charge in [-0.15, -0.1) is 0 Å². The molecule has 0 radical (unpaired) electrons. The molecule has 0 spiro atoms. The zero-order valence-corrected chi connectivity index (χ0v) is 6.33. The summed E-state index contributed by atoms with van der Waals surface area (Å²) in [7, 11) is 0. The smallest absolute Gasteiger partial charge is 0.449 e. The second kappa shape index (κ2) is 3.49. The third kappa shape index (κ3) is 49.8. The molecule has 0 aliphatic heterocycles. The standard InChI is InChI=1S/CH3BF3.K/c1-2(3,4)5;/h1H3;/q-1;+1/i1D3;. The van der Waals surface area contributed by atoms with Crippen LogP contribution in [0.15, 0.2) is 0 Å². The Hall–Kier alpha value is 1.49. The molecule has 0 aromatic heterocycles. The fourth-order valence-electron chi connectivity index (χ4n) is 0. The number of rotatable bonds is 0. The Morgan fingerprint density at radius 3 is 1.67 bits per heavy atom. The zero-order valence-electron chi connectivity index (χ0n) is 6.21. The first kappa shape index (κ1) is 4.38. The molecule has 0 aliphatic carbocycles. The van der Waals surface area contributed by atoms with E-state index in [0.29, 0.717) is 0 Å². The summed E-state index contributed by atoms with van der Waals surface area (Å²) in [5, 5.41) is 0. The van der Waals surface area contributed by atoms with Crippen molar-refractivity contribution >= 4 is 6.98 Å². The van der Waals surface area contributed by atoms with Gasteiger partial charge in [0.25, 0.3) is 0 Å². The Balaban J connectivity index is 0. The van der Waals surface area contributed by atoms with E-state index in [1.54, 1.807) is 0 Å². The molecule has 0 nitrogen and oxygen atoms in total. The molecular weight excluding hydrogens is 119 g/mol. The number of hydrogen-bond acceptors (Lipinski definition) is 0. The van der Waals surface area contributed by atoms with Gasteiger partial charge in [0, 0.05) is 0 Å². The Morgan fingerprint density at radius 1 is 1.50 bits per heavy atom. The van der Waals surface area contributed by atoms with E-state index >= 15 is 0 Å². The van der Waals surface area contributed by atoms with Crippen LogP contribution in [0.3, 0.4) is 0 Å². The maximum atomic E-state index is 11.1. The van der Waals surface area contributed by atoms with E-state index < -0.39 is 13.7 Å². The van der Waals surface area contributed by atoms with Crippen LogP contribution in [0.5, 0.6) is 0 Å². The van der Waals surface area contributed by atoms with E-state index in [1.165, 1.54) is 0 Å². The predicted octanol–water partition coefficient (Wildman–Crippen LogP) is -1.53. The van der Waals surface area contributed by atoms with Crippen molar-refractivity contribution in [3.05, 3.63) is 0 Å². The molecule has 0 aromatic carbocycles. The third-order valence-electron chi connectivity index (χ3n) is 0. The topological polar surface area (TPSA) is 0 Å². The zero-order chi connectivity index (χ0) is 7.00. The summed E-state index contributed by atoms with van der Waals surface area (Å²) in [6.07, 6.45) is 0. The maximum absolute atomic E-state index is 11.1. The van der Waals surface area contributed by atoms with E-state index in [1.807, 2.05) is 0 Å². The largest absolute Gasteiger partial charge is 1.00 e. The minimum Gasteiger partial charge on any atom is -0.449 e. The molecule has 0 rings (SSSR count). The van der Waals surface area contributed by atoms with Crippen LogP contribution in [0.1, 0.15) is 4.11 Å². The fourth-order valence-corrected chi connectivity index (χ4v) is 0. The summed E-state index contributed by atoms with van der Waals surface area (Å²) < 4.78 is 50.6. The summed E-state index contributed by atoms with van der Waals surface area (Å²) in [5.41, 5.74) is 0. The molecule has 6 heavy (non-hydrogen) atoms. The molecule has 0 amide bonds. The minimum atomic E-state index is -5.65. The number of halogens is 3. The molecule has 0 saturated heterocycles. The molecule has 0 saturated carbocycles. The minimum absolute atomic E-state index is 0. The SMILES string of the molecule is [2H]C([2H])([2H])[B-](F)(F)F.[K+].